The molecule has 2 aromatic carbocycles. The Kier molecular flexibility index (Phi) is 4.96. The molecule has 0 spiro atoms. The van der Waals surface area contributed by atoms with Crippen LogP contribution in [0.5, 0.6) is 0 Å². The van der Waals surface area contributed by atoms with Gasteiger partial charge in [-0.15, -0.1) is 0 Å². The van der Waals surface area contributed by atoms with E-state index in [9.17, 15) is 4.57 Å². The van der Waals surface area contributed by atoms with E-state index in [-0.39, 0.29) is 0 Å². The SMILES string of the molecule is CC#COP(=O)(c1ccccc1)c1cccc([Si](C)(C)C)c1. The first-order chi connectivity index (χ1) is 10.4. The second-order valence-electron chi connectivity index (χ2n) is 6.13. The molecule has 0 aliphatic rings. The lowest BCUT2D eigenvalue weighted by Crippen LogP contribution is -2.39. The first kappa shape index (κ1) is 16.6. The van der Waals surface area contributed by atoms with Crippen molar-refractivity contribution in [2.75, 3.05) is 0 Å². The van der Waals surface area contributed by atoms with Crippen molar-refractivity contribution in [2.45, 2.75) is 26.6 Å². The third-order valence-corrected chi connectivity index (χ3v) is 7.75. The summed E-state index contributed by atoms with van der Waals surface area (Å²) >= 11 is 0. The normalized spacial score (nSPS) is 13.6. The van der Waals surface area contributed by atoms with Gasteiger partial charge in [0.15, 0.2) is 0 Å². The van der Waals surface area contributed by atoms with Crippen LogP contribution in [0.2, 0.25) is 19.6 Å². The lowest BCUT2D eigenvalue weighted by Gasteiger charge is -2.21. The second-order valence-corrected chi connectivity index (χ2v) is 13.5. The third kappa shape index (κ3) is 3.52. The molecule has 0 saturated heterocycles. The van der Waals surface area contributed by atoms with E-state index in [0.29, 0.717) is 10.6 Å². The van der Waals surface area contributed by atoms with Crippen molar-refractivity contribution in [3.63, 3.8) is 0 Å². The molecule has 114 valence electrons. The molecule has 0 bridgehead atoms. The molecule has 0 aromatic heterocycles. The van der Waals surface area contributed by atoms with Gasteiger partial charge < -0.3 is 4.52 Å². The van der Waals surface area contributed by atoms with Gasteiger partial charge in [0.2, 0.25) is 0 Å². The van der Waals surface area contributed by atoms with Gasteiger partial charge in [-0.1, -0.05) is 61.1 Å². The molecule has 1 unspecified atom stereocenters. The van der Waals surface area contributed by atoms with Crippen LogP contribution in [0.25, 0.3) is 0 Å². The van der Waals surface area contributed by atoms with Crippen LogP contribution in [0, 0.1) is 12.0 Å². The van der Waals surface area contributed by atoms with E-state index in [2.05, 4.69) is 37.7 Å². The van der Waals surface area contributed by atoms with E-state index in [1.807, 2.05) is 48.5 Å². The van der Waals surface area contributed by atoms with E-state index in [4.69, 9.17) is 4.52 Å². The lowest BCUT2D eigenvalue weighted by atomic mass is 10.4. The predicted octanol–water partition coefficient (Wildman–Crippen LogP) is 3.46. The van der Waals surface area contributed by atoms with Crippen LogP contribution in [0.4, 0.5) is 0 Å². The Morgan fingerprint density at radius 1 is 0.955 bits per heavy atom. The highest BCUT2D eigenvalue weighted by Crippen LogP contribution is 2.44. The Balaban J connectivity index is 2.60. The van der Waals surface area contributed by atoms with Crippen LogP contribution >= 0.6 is 7.37 Å². The van der Waals surface area contributed by atoms with E-state index in [1.165, 1.54) is 5.19 Å². The smallest absolute Gasteiger partial charge is 0.315 e. The van der Waals surface area contributed by atoms with Crippen molar-refractivity contribution < 1.29 is 9.09 Å². The zero-order chi connectivity index (χ0) is 16.2. The average Bonchev–Trinajstić information content (AvgIpc) is 2.53. The number of rotatable bonds is 4. The summed E-state index contributed by atoms with van der Waals surface area (Å²) in [6.07, 6.45) is 2.54. The molecule has 2 aromatic rings. The summed E-state index contributed by atoms with van der Waals surface area (Å²) in [5.74, 6) is 2.67. The number of benzene rings is 2. The molecule has 0 aliphatic heterocycles. The Bertz CT molecular complexity index is 752. The summed E-state index contributed by atoms with van der Waals surface area (Å²) in [7, 11) is -4.68. The van der Waals surface area contributed by atoms with Gasteiger partial charge >= 0.3 is 7.37 Å². The van der Waals surface area contributed by atoms with E-state index in [1.54, 1.807) is 6.92 Å². The summed E-state index contributed by atoms with van der Waals surface area (Å²) in [5.41, 5.74) is 0. The van der Waals surface area contributed by atoms with Crippen molar-refractivity contribution >= 4 is 31.2 Å². The summed E-state index contributed by atoms with van der Waals surface area (Å²) in [5, 5.41) is 2.64. The maximum absolute atomic E-state index is 13.5. The van der Waals surface area contributed by atoms with Gasteiger partial charge in [0.25, 0.3) is 0 Å². The Morgan fingerprint density at radius 3 is 2.18 bits per heavy atom. The van der Waals surface area contributed by atoms with Gasteiger partial charge in [-0.05, 0) is 24.3 Å². The summed E-state index contributed by atoms with van der Waals surface area (Å²) in [6, 6.07) is 17.3. The highest BCUT2D eigenvalue weighted by molar-refractivity contribution is 7.74. The van der Waals surface area contributed by atoms with E-state index in [0.717, 1.165) is 0 Å². The van der Waals surface area contributed by atoms with E-state index < -0.39 is 15.4 Å². The largest absolute Gasteiger partial charge is 0.384 e. The minimum absolute atomic E-state index is 0.672. The minimum Gasteiger partial charge on any atom is -0.384 e. The minimum atomic E-state index is -3.19. The van der Waals surface area contributed by atoms with Gasteiger partial charge in [-0.3, -0.25) is 4.57 Å². The van der Waals surface area contributed by atoms with Crippen LogP contribution in [-0.2, 0) is 9.09 Å². The summed E-state index contributed by atoms with van der Waals surface area (Å²) in [6.45, 7) is 8.48. The molecule has 0 saturated carbocycles. The van der Waals surface area contributed by atoms with Crippen molar-refractivity contribution in [2.24, 2.45) is 0 Å². The van der Waals surface area contributed by atoms with Crippen molar-refractivity contribution in [3.05, 3.63) is 54.6 Å². The van der Waals surface area contributed by atoms with Crippen LogP contribution in [0.15, 0.2) is 54.6 Å². The standard InChI is InChI=1S/C18H21O2PSi/c1-5-14-20-21(19,16-10-7-6-8-11-16)17-12-9-13-18(15-17)22(2,3)4/h6-13,15H,1-4H3. The Morgan fingerprint density at radius 2 is 1.59 bits per heavy atom. The fourth-order valence-corrected chi connectivity index (χ4v) is 5.34. The topological polar surface area (TPSA) is 26.3 Å². The van der Waals surface area contributed by atoms with Gasteiger partial charge in [0, 0.05) is 6.92 Å². The zero-order valence-corrected chi connectivity index (χ0v) is 15.4. The molecule has 0 N–H and O–H groups in total. The van der Waals surface area contributed by atoms with Crippen LogP contribution in [0.1, 0.15) is 6.92 Å². The molecular formula is C18H21O2PSi. The molecule has 0 heterocycles. The monoisotopic (exact) mass is 328 g/mol. The van der Waals surface area contributed by atoms with E-state index >= 15 is 0 Å². The summed E-state index contributed by atoms with van der Waals surface area (Å²) in [4.78, 5) is 0. The number of hydrogen-bond donors (Lipinski definition) is 0. The molecule has 0 fully saturated rings. The maximum atomic E-state index is 13.5. The van der Waals surface area contributed by atoms with Crippen LogP contribution in [-0.4, -0.2) is 8.07 Å². The molecule has 22 heavy (non-hydrogen) atoms. The van der Waals surface area contributed by atoms with Gasteiger partial charge in [0.1, 0.15) is 6.11 Å². The third-order valence-electron chi connectivity index (χ3n) is 3.42. The first-order valence-electron chi connectivity index (χ1n) is 7.25. The Labute approximate surface area is 134 Å². The fourth-order valence-electron chi connectivity index (χ4n) is 2.14. The van der Waals surface area contributed by atoms with Gasteiger partial charge in [0.05, 0.1) is 18.7 Å². The average molecular weight is 328 g/mol. The zero-order valence-electron chi connectivity index (χ0n) is 13.5. The lowest BCUT2D eigenvalue weighted by molar-refractivity contribution is 0.483. The van der Waals surface area contributed by atoms with Crippen molar-refractivity contribution in [3.8, 4) is 12.0 Å². The molecule has 2 nitrogen and oxygen atoms in total. The molecule has 2 rings (SSSR count). The maximum Gasteiger partial charge on any atom is 0.315 e. The highest BCUT2D eigenvalue weighted by atomic mass is 31.2. The second kappa shape index (κ2) is 6.56. The molecule has 4 heteroatoms. The molecule has 0 aliphatic carbocycles. The van der Waals surface area contributed by atoms with Crippen molar-refractivity contribution in [1.29, 1.82) is 0 Å². The van der Waals surface area contributed by atoms with Gasteiger partial charge in [-0.2, -0.15) is 0 Å². The van der Waals surface area contributed by atoms with Crippen LogP contribution < -0.4 is 15.8 Å². The fraction of sp³-hybridized carbons (Fsp3) is 0.222. The predicted molar refractivity (Wildman–Crippen MR) is 97.3 cm³/mol. The van der Waals surface area contributed by atoms with Gasteiger partial charge in [-0.25, -0.2) is 0 Å². The molecular weight excluding hydrogens is 307 g/mol. The molecule has 0 radical (unpaired) electrons. The molecule has 0 amide bonds. The van der Waals surface area contributed by atoms with Crippen LogP contribution in [0.3, 0.4) is 0 Å². The first-order valence-corrected chi connectivity index (χ1v) is 12.4. The Hall–Kier alpha value is -1.75. The molecule has 1 atom stereocenters. The van der Waals surface area contributed by atoms with Crippen molar-refractivity contribution in [1.82, 2.24) is 0 Å². The quantitative estimate of drug-likeness (QED) is 0.488. The number of hydrogen-bond acceptors (Lipinski definition) is 2. The summed E-state index contributed by atoms with van der Waals surface area (Å²) < 4.78 is 19.1. The highest BCUT2D eigenvalue weighted by Gasteiger charge is 2.30.